The van der Waals surface area contributed by atoms with Gasteiger partial charge in [0.1, 0.15) is 5.75 Å². The average Bonchev–Trinajstić information content (AvgIpc) is 3.54. The zero-order valence-electron chi connectivity index (χ0n) is 33.1. The van der Waals surface area contributed by atoms with E-state index in [-0.39, 0.29) is 25.7 Å². The van der Waals surface area contributed by atoms with E-state index in [9.17, 15) is 0 Å². The Morgan fingerprint density at radius 1 is 0.739 bits per heavy atom. The standard InChI is InChI=1S/C37H68OSi3.2CH3.2ClH.Zr/c1-36(2,3)32-23-27(24-33(35(32)38-7)37(4,5)6)29-16-15-17-31-30(29)20-21-34(31)41(13,14)40(11,12)28-19-18-26(22-28)25-39(8,9)10;;;;;/h23-24,26,28-31,34H,15-22,25H2,1-14H3;2*1H3;2*1H;/q;2*-1;;;+4/p-2. The minimum absolute atomic E-state index is 0. The van der Waals surface area contributed by atoms with Gasteiger partial charge < -0.3 is 19.6 Å². The fourth-order valence-electron chi connectivity index (χ4n) is 10.1. The monoisotopic (exact) mass is 802 g/mol. The number of hydrogen-bond donors (Lipinski definition) is 0. The first-order valence-corrected chi connectivity index (χ1v) is 35.0. The summed E-state index contributed by atoms with van der Waals surface area (Å²) in [4.78, 5) is 0. The summed E-state index contributed by atoms with van der Waals surface area (Å²) >= 11 is -0.826. The predicted molar refractivity (Wildman–Crippen MR) is 216 cm³/mol. The second-order valence-electron chi connectivity index (χ2n) is 19.4. The summed E-state index contributed by atoms with van der Waals surface area (Å²) in [6, 6.07) is 6.75. The van der Waals surface area contributed by atoms with Crippen LogP contribution < -0.4 is 4.74 Å². The molecule has 7 heteroatoms. The number of methoxy groups -OCH3 is 1. The van der Waals surface area contributed by atoms with Crippen molar-refractivity contribution in [3.05, 3.63) is 43.7 Å². The van der Waals surface area contributed by atoms with Crippen LogP contribution in [0.4, 0.5) is 0 Å². The number of benzene rings is 1. The second-order valence-corrected chi connectivity index (χ2v) is 44.8. The molecule has 0 saturated heterocycles. The molecule has 0 spiro atoms. The summed E-state index contributed by atoms with van der Waals surface area (Å²) in [7, 11) is 8.13. The van der Waals surface area contributed by atoms with Crippen molar-refractivity contribution in [2.45, 2.75) is 173 Å². The Hall–Kier alpha value is 1.13. The Morgan fingerprint density at radius 2 is 1.26 bits per heavy atom. The topological polar surface area (TPSA) is 9.23 Å². The van der Waals surface area contributed by atoms with Crippen LogP contribution in [-0.2, 0) is 31.7 Å². The fraction of sp³-hybridized carbons (Fsp3) is 0.795. The van der Waals surface area contributed by atoms with Gasteiger partial charge in [-0.05, 0) is 64.0 Å². The molecule has 0 heterocycles. The first-order chi connectivity index (χ1) is 20.1. The average molecular weight is 805 g/mol. The van der Waals surface area contributed by atoms with Crippen molar-refractivity contribution in [2.75, 3.05) is 7.11 Å². The van der Waals surface area contributed by atoms with Crippen LogP contribution in [0.15, 0.2) is 12.1 Å². The van der Waals surface area contributed by atoms with Crippen molar-refractivity contribution in [1.29, 1.82) is 0 Å². The van der Waals surface area contributed by atoms with Gasteiger partial charge in [-0.25, -0.2) is 0 Å². The number of hydrogen-bond acceptors (Lipinski definition) is 1. The van der Waals surface area contributed by atoms with E-state index in [2.05, 4.69) is 99.5 Å². The van der Waals surface area contributed by atoms with Crippen LogP contribution in [-0.4, -0.2) is 30.4 Å². The zero-order valence-corrected chi connectivity index (χ0v) is 40.1. The Labute approximate surface area is 310 Å². The van der Waals surface area contributed by atoms with Crippen LogP contribution in [0.2, 0.25) is 63.0 Å². The number of fused-ring (bicyclic) bond motifs is 1. The summed E-state index contributed by atoms with van der Waals surface area (Å²) < 4.78 is 6.15. The molecule has 1 aromatic carbocycles. The maximum absolute atomic E-state index is 6.15. The Bertz CT molecular complexity index is 1070. The summed E-state index contributed by atoms with van der Waals surface area (Å²) in [5.41, 5.74) is 6.76. The fourth-order valence-corrected chi connectivity index (χ4v) is 26.3. The van der Waals surface area contributed by atoms with E-state index in [1.54, 1.807) is 30.9 Å². The molecule has 1 nitrogen and oxygen atoms in total. The molecule has 0 radical (unpaired) electrons. The van der Waals surface area contributed by atoms with Gasteiger partial charge in [-0.15, -0.1) is 0 Å². The van der Waals surface area contributed by atoms with Gasteiger partial charge in [0, 0.05) is 34.4 Å². The van der Waals surface area contributed by atoms with Crippen LogP contribution in [0, 0.1) is 32.6 Å². The SMILES string of the molecule is COc1c(C(C)(C)C)cc(C2CCCC3C2CCC3[Si](C)(C)[Si](C)(C)C2CCC(C[Si](C)(C)C)C2)cc1C(C)(C)C.[CH3-].[CH3-].[Cl][Zr+2][Cl]. The Kier molecular flexibility index (Phi) is 16.8. The van der Waals surface area contributed by atoms with Gasteiger partial charge in [0.2, 0.25) is 0 Å². The maximum atomic E-state index is 6.15. The molecule has 266 valence electrons. The molecule has 3 saturated carbocycles. The molecule has 0 N–H and O–H groups in total. The molecule has 0 aliphatic heterocycles. The summed E-state index contributed by atoms with van der Waals surface area (Å²) in [5.74, 6) is 4.77. The molecular weight excluding hydrogens is 731 g/mol. The Morgan fingerprint density at radius 3 is 1.72 bits per heavy atom. The molecule has 3 fully saturated rings. The molecule has 3 aliphatic carbocycles. The second kappa shape index (κ2) is 17.1. The van der Waals surface area contributed by atoms with Crippen LogP contribution in [0.5, 0.6) is 5.75 Å². The normalized spacial score (nSPS) is 27.0. The van der Waals surface area contributed by atoms with Gasteiger partial charge in [-0.3, -0.25) is 0 Å². The third kappa shape index (κ3) is 10.1. The first-order valence-electron chi connectivity index (χ1n) is 17.8. The van der Waals surface area contributed by atoms with Crippen LogP contribution in [0.3, 0.4) is 0 Å². The van der Waals surface area contributed by atoms with Crippen LogP contribution >= 0.6 is 17.0 Å². The summed E-state index contributed by atoms with van der Waals surface area (Å²) in [5, 5.41) is 0. The number of halogens is 2. The first kappa shape index (κ1) is 45.2. The molecule has 1 aromatic rings. The van der Waals surface area contributed by atoms with Crippen molar-refractivity contribution < 1.29 is 25.6 Å². The van der Waals surface area contributed by atoms with Gasteiger partial charge in [-0.2, -0.15) is 0 Å². The van der Waals surface area contributed by atoms with E-state index < -0.39 is 44.1 Å². The van der Waals surface area contributed by atoms with E-state index in [0.717, 1.165) is 40.5 Å². The summed E-state index contributed by atoms with van der Waals surface area (Å²) in [6.45, 7) is 33.5. The molecule has 0 aromatic heterocycles. The van der Waals surface area contributed by atoms with Crippen LogP contribution in [0.25, 0.3) is 0 Å². The molecule has 0 bridgehead atoms. The summed E-state index contributed by atoms with van der Waals surface area (Å²) in [6.07, 6.45) is 12.0. The minimum atomic E-state index is -1.36. The zero-order chi connectivity index (χ0) is 33.5. The predicted octanol–water partition coefficient (Wildman–Crippen LogP) is 14.2. The number of ether oxygens (including phenoxy) is 1. The molecule has 46 heavy (non-hydrogen) atoms. The molecular formula is C39H74Cl2OSi3Zr. The van der Waals surface area contributed by atoms with Crippen molar-refractivity contribution in [3.8, 4) is 5.75 Å². The molecule has 4 rings (SSSR count). The van der Waals surface area contributed by atoms with Gasteiger partial charge in [0.15, 0.2) is 0 Å². The van der Waals surface area contributed by atoms with E-state index in [0.29, 0.717) is 0 Å². The Balaban J connectivity index is 0.00000203. The van der Waals surface area contributed by atoms with Crippen molar-refractivity contribution in [1.82, 2.24) is 0 Å². The molecule has 0 amide bonds. The molecule has 6 unspecified atom stereocenters. The third-order valence-corrected chi connectivity index (χ3v) is 35.4. The van der Waals surface area contributed by atoms with E-state index in [4.69, 9.17) is 21.8 Å². The van der Waals surface area contributed by atoms with Gasteiger partial charge >= 0.3 is 37.9 Å². The van der Waals surface area contributed by atoms with Crippen molar-refractivity contribution in [3.63, 3.8) is 0 Å². The van der Waals surface area contributed by atoms with E-state index in [1.807, 2.05) is 7.11 Å². The quantitative estimate of drug-likeness (QED) is 0.197. The van der Waals surface area contributed by atoms with Crippen LogP contribution in [0.1, 0.15) is 116 Å². The molecule has 3 aliphatic rings. The van der Waals surface area contributed by atoms with Gasteiger partial charge in [0.05, 0.1) is 7.11 Å². The third-order valence-electron chi connectivity index (χ3n) is 12.9. The van der Waals surface area contributed by atoms with E-state index in [1.165, 1.54) is 43.2 Å². The van der Waals surface area contributed by atoms with Crippen molar-refractivity contribution in [2.24, 2.45) is 17.8 Å². The number of rotatable bonds is 7. The van der Waals surface area contributed by atoms with Crippen molar-refractivity contribution >= 4 is 40.3 Å². The molecule has 6 atom stereocenters. The van der Waals surface area contributed by atoms with Gasteiger partial charge in [-0.1, -0.05) is 144 Å². The van der Waals surface area contributed by atoms with E-state index >= 15 is 0 Å². The van der Waals surface area contributed by atoms with Gasteiger partial charge in [0.25, 0.3) is 0 Å².